The topological polar surface area (TPSA) is 75.2 Å². The van der Waals surface area contributed by atoms with Crippen LogP contribution in [-0.2, 0) is 9.47 Å². The van der Waals surface area contributed by atoms with E-state index < -0.39 is 5.60 Å². The smallest absolute Gasteiger partial charge is 0.410 e. The van der Waals surface area contributed by atoms with Gasteiger partial charge in [-0.2, -0.15) is 0 Å². The van der Waals surface area contributed by atoms with Crippen molar-refractivity contribution < 1.29 is 14.3 Å². The molecular weight excluding hydrogens is 435 g/mol. The molecule has 7 nitrogen and oxygen atoms in total. The van der Waals surface area contributed by atoms with Gasteiger partial charge >= 0.3 is 6.09 Å². The van der Waals surface area contributed by atoms with E-state index in [2.05, 4.69) is 29.5 Å². The summed E-state index contributed by atoms with van der Waals surface area (Å²) in [5.74, 6) is 1.36. The molecule has 0 spiro atoms. The van der Waals surface area contributed by atoms with E-state index >= 15 is 0 Å². The number of nitrogens with one attached hydrogen (secondary N) is 2. The number of aliphatic imine (C=N–C) groups is 1. The van der Waals surface area contributed by atoms with Gasteiger partial charge in [0.25, 0.3) is 0 Å². The highest BCUT2D eigenvalue weighted by Gasteiger charge is 2.19. The highest BCUT2D eigenvalue weighted by Crippen LogP contribution is 2.08. The van der Waals surface area contributed by atoms with Gasteiger partial charge in [-0.3, -0.25) is 4.99 Å². The summed E-state index contributed by atoms with van der Waals surface area (Å²) < 4.78 is 10.8. The Morgan fingerprint density at radius 2 is 1.76 bits per heavy atom. The van der Waals surface area contributed by atoms with Crippen molar-refractivity contribution in [1.29, 1.82) is 0 Å². The lowest BCUT2D eigenvalue weighted by atomic mass is 10.1. The van der Waals surface area contributed by atoms with E-state index in [1.54, 1.807) is 19.0 Å². The van der Waals surface area contributed by atoms with Crippen LogP contribution in [0.5, 0.6) is 0 Å². The van der Waals surface area contributed by atoms with Gasteiger partial charge in [-0.05, 0) is 33.1 Å². The summed E-state index contributed by atoms with van der Waals surface area (Å²) in [6, 6.07) is 0. The number of amides is 1. The summed E-state index contributed by atoms with van der Waals surface area (Å²) in [7, 11) is 3.43. The largest absolute Gasteiger partial charge is 0.444 e. The Balaban J connectivity index is 0. The number of rotatable bonds is 9. The average molecular weight is 472 g/mol. The molecule has 1 amide bonds. The van der Waals surface area contributed by atoms with Crippen molar-refractivity contribution in [2.24, 2.45) is 10.9 Å². The zero-order valence-corrected chi connectivity index (χ0v) is 19.2. The molecule has 0 aliphatic carbocycles. The van der Waals surface area contributed by atoms with Gasteiger partial charge in [-0.15, -0.1) is 24.0 Å². The summed E-state index contributed by atoms with van der Waals surface area (Å²) in [4.78, 5) is 17.5. The average Bonchev–Trinajstić information content (AvgIpc) is 2.46. The van der Waals surface area contributed by atoms with Crippen molar-refractivity contribution in [3.8, 4) is 0 Å². The van der Waals surface area contributed by atoms with Crippen LogP contribution in [0.2, 0.25) is 0 Å². The molecule has 0 saturated carbocycles. The number of carbonyl (C=O) groups is 1. The first-order chi connectivity index (χ1) is 11.2. The monoisotopic (exact) mass is 472 g/mol. The van der Waals surface area contributed by atoms with Crippen molar-refractivity contribution in [1.82, 2.24) is 15.5 Å². The molecule has 0 saturated heterocycles. The summed E-state index contributed by atoms with van der Waals surface area (Å²) >= 11 is 0. The number of carbonyl (C=O) groups excluding carboxylic acids is 1. The zero-order chi connectivity index (χ0) is 18.6. The van der Waals surface area contributed by atoms with Gasteiger partial charge in [0.1, 0.15) is 5.60 Å². The van der Waals surface area contributed by atoms with Gasteiger partial charge in [0.15, 0.2) is 5.96 Å². The Hall–Kier alpha value is -0.770. The maximum atomic E-state index is 11.8. The van der Waals surface area contributed by atoms with Crippen LogP contribution >= 0.6 is 24.0 Å². The predicted octanol–water partition coefficient (Wildman–Crippen LogP) is 2.70. The molecule has 0 aliphatic rings. The Labute approximate surface area is 170 Å². The quantitative estimate of drug-likeness (QED) is 0.234. The number of hydrogen-bond donors (Lipinski definition) is 2. The second-order valence-electron chi connectivity index (χ2n) is 7.12. The van der Waals surface area contributed by atoms with Crippen molar-refractivity contribution in [3.63, 3.8) is 0 Å². The first kappa shape index (κ1) is 26.5. The number of halogens is 1. The highest BCUT2D eigenvalue weighted by molar-refractivity contribution is 14.0. The Bertz CT molecular complexity index is 385. The first-order valence-corrected chi connectivity index (χ1v) is 8.62. The molecular formula is C17H37IN4O3. The van der Waals surface area contributed by atoms with E-state index in [-0.39, 0.29) is 30.1 Å². The summed E-state index contributed by atoms with van der Waals surface area (Å²) in [6.07, 6.45) is 0.745. The van der Waals surface area contributed by atoms with Crippen LogP contribution in [0, 0.1) is 5.92 Å². The van der Waals surface area contributed by atoms with Crippen LogP contribution in [0.1, 0.15) is 41.0 Å². The first-order valence-electron chi connectivity index (χ1n) is 8.62. The van der Waals surface area contributed by atoms with E-state index in [0.29, 0.717) is 38.1 Å². The van der Waals surface area contributed by atoms with Crippen LogP contribution in [-0.4, -0.2) is 69.5 Å². The second kappa shape index (κ2) is 14.4. The molecule has 0 aromatic rings. The summed E-state index contributed by atoms with van der Waals surface area (Å²) in [5.41, 5.74) is -0.480. The van der Waals surface area contributed by atoms with E-state index in [1.807, 2.05) is 20.8 Å². The molecule has 25 heavy (non-hydrogen) atoms. The molecule has 0 aromatic heterocycles. The summed E-state index contributed by atoms with van der Waals surface area (Å²) in [6.45, 7) is 13.2. The minimum absolute atomic E-state index is 0. The van der Waals surface area contributed by atoms with Gasteiger partial charge < -0.3 is 25.0 Å². The molecule has 0 radical (unpaired) electrons. The third-order valence-corrected chi connectivity index (χ3v) is 3.05. The molecule has 0 rings (SSSR count). The number of hydrogen-bond acceptors (Lipinski definition) is 4. The third-order valence-electron chi connectivity index (χ3n) is 3.05. The molecule has 150 valence electrons. The van der Waals surface area contributed by atoms with Crippen LogP contribution in [0.3, 0.4) is 0 Å². The van der Waals surface area contributed by atoms with Crippen LogP contribution in [0.25, 0.3) is 0 Å². The maximum Gasteiger partial charge on any atom is 0.410 e. The van der Waals surface area contributed by atoms with Gasteiger partial charge in [0.2, 0.25) is 0 Å². The molecule has 0 bridgehead atoms. The Kier molecular flexibility index (Phi) is 15.2. The van der Waals surface area contributed by atoms with Gasteiger partial charge in [0.05, 0.1) is 6.61 Å². The highest BCUT2D eigenvalue weighted by atomic mass is 127. The van der Waals surface area contributed by atoms with Crippen molar-refractivity contribution in [3.05, 3.63) is 0 Å². The SMILES string of the molecule is CN=C(NCCOCCC(C)C)NCCN(C)C(=O)OC(C)(C)C.I. The molecule has 0 fully saturated rings. The summed E-state index contributed by atoms with van der Waals surface area (Å²) in [5, 5.41) is 6.34. The fourth-order valence-corrected chi connectivity index (χ4v) is 1.66. The van der Waals surface area contributed by atoms with Crippen molar-refractivity contribution >= 4 is 36.0 Å². The van der Waals surface area contributed by atoms with Crippen molar-refractivity contribution in [2.75, 3.05) is 46.9 Å². The predicted molar refractivity (Wildman–Crippen MR) is 114 cm³/mol. The normalized spacial score (nSPS) is 11.8. The lowest BCUT2D eigenvalue weighted by Gasteiger charge is -2.24. The minimum atomic E-state index is -0.480. The van der Waals surface area contributed by atoms with E-state index in [4.69, 9.17) is 9.47 Å². The van der Waals surface area contributed by atoms with Gasteiger partial charge in [-0.1, -0.05) is 13.8 Å². The molecule has 8 heteroatoms. The Morgan fingerprint density at radius 3 is 2.28 bits per heavy atom. The third kappa shape index (κ3) is 16.4. The molecule has 0 unspecified atom stereocenters. The Morgan fingerprint density at radius 1 is 1.16 bits per heavy atom. The van der Waals surface area contributed by atoms with Crippen LogP contribution in [0.15, 0.2) is 4.99 Å². The molecule has 0 atom stereocenters. The number of likely N-dealkylation sites (N-methyl/N-ethyl adjacent to an activating group) is 1. The van der Waals surface area contributed by atoms with E-state index in [1.165, 1.54) is 0 Å². The second-order valence-corrected chi connectivity index (χ2v) is 7.12. The molecule has 2 N–H and O–H groups in total. The fraction of sp³-hybridized carbons (Fsp3) is 0.882. The lowest BCUT2D eigenvalue weighted by Crippen LogP contribution is -2.43. The van der Waals surface area contributed by atoms with E-state index in [9.17, 15) is 4.79 Å². The standard InChI is InChI=1S/C17H36N4O3.HI/c1-14(2)8-12-23-13-10-20-15(18-6)19-9-11-21(7)16(22)24-17(3,4)5;/h14H,8-13H2,1-7H3,(H2,18,19,20);1H. The molecule has 0 aromatic carbocycles. The fourth-order valence-electron chi connectivity index (χ4n) is 1.66. The van der Waals surface area contributed by atoms with Gasteiger partial charge in [0, 0.05) is 40.3 Å². The lowest BCUT2D eigenvalue weighted by molar-refractivity contribution is 0.0302. The zero-order valence-electron chi connectivity index (χ0n) is 16.8. The minimum Gasteiger partial charge on any atom is -0.444 e. The maximum absolute atomic E-state index is 11.8. The molecule has 0 aliphatic heterocycles. The molecule has 0 heterocycles. The van der Waals surface area contributed by atoms with Gasteiger partial charge in [-0.25, -0.2) is 4.79 Å². The number of guanidine groups is 1. The van der Waals surface area contributed by atoms with Crippen molar-refractivity contribution in [2.45, 2.75) is 46.6 Å². The van der Waals surface area contributed by atoms with Crippen LogP contribution < -0.4 is 10.6 Å². The van der Waals surface area contributed by atoms with Crippen LogP contribution in [0.4, 0.5) is 4.79 Å². The number of ether oxygens (including phenoxy) is 2. The van der Waals surface area contributed by atoms with E-state index in [0.717, 1.165) is 13.0 Å². The number of nitrogens with zero attached hydrogens (tertiary/aromatic N) is 2.